The standard InChI is InChI=1S/C13H20ClN3O3/c1-9-7-10(3-5-20-9)16-11-8-15-17(4-6-19-2)13(18)12(11)14/h8-10,16H,3-7H2,1-2H3. The third kappa shape index (κ3) is 3.71. The highest BCUT2D eigenvalue weighted by Crippen LogP contribution is 2.21. The van der Waals surface area contributed by atoms with E-state index in [1.165, 1.54) is 4.68 Å². The summed E-state index contributed by atoms with van der Waals surface area (Å²) in [5, 5.41) is 7.57. The number of rotatable bonds is 5. The number of nitrogens with zero attached hydrogens (tertiary/aromatic N) is 2. The van der Waals surface area contributed by atoms with E-state index < -0.39 is 0 Å². The van der Waals surface area contributed by atoms with Gasteiger partial charge in [-0.15, -0.1) is 0 Å². The van der Waals surface area contributed by atoms with Gasteiger partial charge in [-0.05, 0) is 19.8 Å². The second kappa shape index (κ2) is 7.06. The summed E-state index contributed by atoms with van der Waals surface area (Å²) in [6.07, 6.45) is 3.60. The Balaban J connectivity index is 2.09. The lowest BCUT2D eigenvalue weighted by Gasteiger charge is -2.28. The first-order valence-electron chi connectivity index (χ1n) is 6.74. The molecular weight excluding hydrogens is 282 g/mol. The molecule has 1 aromatic rings. The molecule has 0 spiro atoms. The second-order valence-corrected chi connectivity index (χ2v) is 5.32. The quantitative estimate of drug-likeness (QED) is 0.893. The van der Waals surface area contributed by atoms with E-state index in [0.29, 0.717) is 18.8 Å². The van der Waals surface area contributed by atoms with Gasteiger partial charge in [0.25, 0.3) is 5.56 Å². The van der Waals surface area contributed by atoms with Crippen LogP contribution >= 0.6 is 11.6 Å². The molecule has 2 unspecified atom stereocenters. The van der Waals surface area contributed by atoms with Crippen LogP contribution in [0, 0.1) is 0 Å². The van der Waals surface area contributed by atoms with Crippen LogP contribution in [0.4, 0.5) is 5.69 Å². The van der Waals surface area contributed by atoms with Crippen molar-refractivity contribution in [3.05, 3.63) is 21.6 Å². The van der Waals surface area contributed by atoms with Crippen LogP contribution in [0.5, 0.6) is 0 Å². The first kappa shape index (κ1) is 15.3. The van der Waals surface area contributed by atoms with Crippen molar-refractivity contribution in [1.29, 1.82) is 0 Å². The summed E-state index contributed by atoms with van der Waals surface area (Å²) in [6.45, 7) is 3.57. The highest BCUT2D eigenvalue weighted by Gasteiger charge is 2.20. The Morgan fingerprint density at radius 3 is 3.15 bits per heavy atom. The predicted molar refractivity (Wildman–Crippen MR) is 77.4 cm³/mol. The van der Waals surface area contributed by atoms with Gasteiger partial charge in [-0.2, -0.15) is 5.10 Å². The summed E-state index contributed by atoms with van der Waals surface area (Å²) < 4.78 is 11.7. The van der Waals surface area contributed by atoms with Gasteiger partial charge < -0.3 is 14.8 Å². The van der Waals surface area contributed by atoms with Crippen LogP contribution in [0.25, 0.3) is 0 Å². The minimum absolute atomic E-state index is 0.176. The molecule has 0 aliphatic carbocycles. The van der Waals surface area contributed by atoms with Gasteiger partial charge in [0.1, 0.15) is 5.02 Å². The number of halogens is 1. The van der Waals surface area contributed by atoms with Gasteiger partial charge >= 0.3 is 0 Å². The Hall–Kier alpha value is -1.11. The van der Waals surface area contributed by atoms with Crippen molar-refractivity contribution in [1.82, 2.24) is 9.78 Å². The fourth-order valence-corrected chi connectivity index (χ4v) is 2.45. The molecular formula is C13H20ClN3O3. The average Bonchev–Trinajstić information content (AvgIpc) is 2.43. The summed E-state index contributed by atoms with van der Waals surface area (Å²) in [5.41, 5.74) is 0.290. The van der Waals surface area contributed by atoms with E-state index in [0.717, 1.165) is 19.4 Å². The van der Waals surface area contributed by atoms with Gasteiger partial charge in [-0.1, -0.05) is 11.6 Å². The largest absolute Gasteiger partial charge is 0.383 e. The maximum Gasteiger partial charge on any atom is 0.287 e. The monoisotopic (exact) mass is 301 g/mol. The zero-order valence-corrected chi connectivity index (χ0v) is 12.5. The van der Waals surface area contributed by atoms with E-state index in [1.54, 1.807) is 13.3 Å². The van der Waals surface area contributed by atoms with Crippen LogP contribution in [0.2, 0.25) is 5.02 Å². The van der Waals surface area contributed by atoms with Crippen molar-refractivity contribution in [3.63, 3.8) is 0 Å². The molecule has 1 aliphatic rings. The first-order chi connectivity index (χ1) is 9.61. The molecule has 0 bridgehead atoms. The smallest absolute Gasteiger partial charge is 0.287 e. The van der Waals surface area contributed by atoms with Crippen molar-refractivity contribution in [2.45, 2.75) is 38.5 Å². The summed E-state index contributed by atoms with van der Waals surface area (Å²) in [7, 11) is 1.58. The first-order valence-corrected chi connectivity index (χ1v) is 7.12. The van der Waals surface area contributed by atoms with E-state index in [4.69, 9.17) is 21.1 Å². The third-order valence-corrected chi connectivity index (χ3v) is 3.70. The molecule has 1 N–H and O–H groups in total. The fourth-order valence-electron chi connectivity index (χ4n) is 2.25. The van der Waals surface area contributed by atoms with Crippen molar-refractivity contribution in [2.24, 2.45) is 0 Å². The molecule has 1 aromatic heterocycles. The van der Waals surface area contributed by atoms with E-state index in [2.05, 4.69) is 10.4 Å². The fraction of sp³-hybridized carbons (Fsp3) is 0.692. The Morgan fingerprint density at radius 1 is 1.65 bits per heavy atom. The summed E-state index contributed by atoms with van der Waals surface area (Å²) in [4.78, 5) is 12.0. The second-order valence-electron chi connectivity index (χ2n) is 4.94. The topological polar surface area (TPSA) is 65.4 Å². The van der Waals surface area contributed by atoms with Gasteiger partial charge in [0.2, 0.25) is 0 Å². The van der Waals surface area contributed by atoms with Gasteiger partial charge in [-0.3, -0.25) is 4.79 Å². The number of hydrogen-bond acceptors (Lipinski definition) is 5. The highest BCUT2D eigenvalue weighted by atomic mass is 35.5. The summed E-state index contributed by atoms with van der Waals surface area (Å²) in [6, 6.07) is 0.257. The van der Waals surface area contributed by atoms with Gasteiger partial charge in [0, 0.05) is 19.8 Å². The molecule has 1 fully saturated rings. The molecule has 112 valence electrons. The lowest BCUT2D eigenvalue weighted by molar-refractivity contribution is 0.0232. The lowest BCUT2D eigenvalue weighted by Crippen LogP contribution is -2.34. The molecule has 1 aliphatic heterocycles. The molecule has 7 heteroatoms. The Labute approximate surface area is 123 Å². The molecule has 2 rings (SSSR count). The Bertz CT molecular complexity index is 506. The van der Waals surface area contributed by atoms with Crippen molar-refractivity contribution < 1.29 is 9.47 Å². The minimum atomic E-state index is -0.297. The molecule has 0 aromatic carbocycles. The van der Waals surface area contributed by atoms with Crippen LogP contribution in [0.1, 0.15) is 19.8 Å². The maximum atomic E-state index is 12.0. The van der Waals surface area contributed by atoms with Crippen LogP contribution in [0.15, 0.2) is 11.0 Å². The normalized spacial score (nSPS) is 22.8. The predicted octanol–water partition coefficient (Wildman–Crippen LogP) is 1.52. The van der Waals surface area contributed by atoms with Gasteiger partial charge in [-0.25, -0.2) is 4.68 Å². The Kier molecular flexibility index (Phi) is 5.39. The lowest BCUT2D eigenvalue weighted by atomic mass is 10.0. The van der Waals surface area contributed by atoms with Crippen LogP contribution in [0.3, 0.4) is 0 Å². The molecule has 6 nitrogen and oxygen atoms in total. The third-order valence-electron chi connectivity index (χ3n) is 3.34. The molecule has 0 saturated carbocycles. The van der Waals surface area contributed by atoms with E-state index >= 15 is 0 Å². The molecule has 0 amide bonds. The van der Waals surface area contributed by atoms with Gasteiger partial charge in [0.15, 0.2) is 0 Å². The van der Waals surface area contributed by atoms with E-state index in [-0.39, 0.29) is 22.7 Å². The zero-order chi connectivity index (χ0) is 14.5. The number of anilines is 1. The number of methoxy groups -OCH3 is 1. The molecule has 0 radical (unpaired) electrons. The van der Waals surface area contributed by atoms with Crippen LogP contribution in [-0.2, 0) is 16.0 Å². The van der Waals surface area contributed by atoms with Crippen molar-refractivity contribution >= 4 is 17.3 Å². The van der Waals surface area contributed by atoms with Crippen LogP contribution in [-0.4, -0.2) is 42.2 Å². The minimum Gasteiger partial charge on any atom is -0.383 e. The SMILES string of the molecule is COCCn1ncc(NC2CCOC(C)C2)c(Cl)c1=O. The molecule has 2 heterocycles. The van der Waals surface area contributed by atoms with Crippen molar-refractivity contribution in [2.75, 3.05) is 25.6 Å². The van der Waals surface area contributed by atoms with E-state index in [1.807, 2.05) is 6.92 Å². The maximum absolute atomic E-state index is 12.0. The Morgan fingerprint density at radius 2 is 2.45 bits per heavy atom. The average molecular weight is 302 g/mol. The number of ether oxygens (including phenoxy) is 2. The van der Waals surface area contributed by atoms with Crippen LogP contribution < -0.4 is 10.9 Å². The summed E-state index contributed by atoms with van der Waals surface area (Å²) >= 11 is 6.13. The number of hydrogen-bond donors (Lipinski definition) is 1. The van der Waals surface area contributed by atoms with E-state index in [9.17, 15) is 4.79 Å². The zero-order valence-electron chi connectivity index (χ0n) is 11.8. The molecule has 1 saturated heterocycles. The highest BCUT2D eigenvalue weighted by molar-refractivity contribution is 6.32. The molecule has 20 heavy (non-hydrogen) atoms. The summed E-state index contributed by atoms with van der Waals surface area (Å²) in [5.74, 6) is 0. The molecule has 2 atom stereocenters. The number of nitrogens with one attached hydrogen (secondary N) is 1. The van der Waals surface area contributed by atoms with Crippen molar-refractivity contribution in [3.8, 4) is 0 Å². The van der Waals surface area contributed by atoms with Gasteiger partial charge in [0.05, 0.1) is 31.1 Å². The number of aromatic nitrogens is 2.